The molecule has 0 bridgehead atoms. The number of carbonyl (C=O) groups excluding carboxylic acids is 2. The summed E-state index contributed by atoms with van der Waals surface area (Å²) < 4.78 is 5.46. The van der Waals surface area contributed by atoms with Gasteiger partial charge in [0.05, 0.1) is 18.5 Å². The molecular formula is C26H27N3O3S. The number of furan rings is 1. The number of rotatable bonds is 6. The second-order valence-corrected chi connectivity index (χ2v) is 9.54. The van der Waals surface area contributed by atoms with Crippen LogP contribution in [0.5, 0.6) is 0 Å². The van der Waals surface area contributed by atoms with Gasteiger partial charge in [0, 0.05) is 12.1 Å². The predicted molar refractivity (Wildman–Crippen MR) is 133 cm³/mol. The smallest absolute Gasteiger partial charge is 0.243 e. The highest BCUT2D eigenvalue weighted by Gasteiger charge is 2.39. The quantitative estimate of drug-likeness (QED) is 0.513. The Hall–Kier alpha value is -3.32. The molecule has 1 N–H and O–H groups in total. The highest BCUT2D eigenvalue weighted by molar-refractivity contribution is 8.15. The van der Waals surface area contributed by atoms with Gasteiger partial charge < -0.3 is 9.73 Å². The highest BCUT2D eigenvalue weighted by atomic mass is 32.2. The van der Waals surface area contributed by atoms with E-state index in [1.54, 1.807) is 17.2 Å². The van der Waals surface area contributed by atoms with Gasteiger partial charge in [0.25, 0.3) is 0 Å². The number of aryl methyl sites for hydroxylation is 4. The molecule has 170 valence electrons. The zero-order valence-electron chi connectivity index (χ0n) is 19.2. The highest BCUT2D eigenvalue weighted by Crippen LogP contribution is 2.34. The molecule has 0 spiro atoms. The van der Waals surface area contributed by atoms with Crippen LogP contribution in [0.1, 0.15) is 34.4 Å². The molecular weight excluding hydrogens is 434 g/mol. The average Bonchev–Trinajstić information content (AvgIpc) is 3.35. The van der Waals surface area contributed by atoms with Crippen LogP contribution in [0, 0.1) is 27.7 Å². The predicted octanol–water partition coefficient (Wildman–Crippen LogP) is 5.67. The van der Waals surface area contributed by atoms with Crippen LogP contribution < -0.4 is 5.32 Å². The van der Waals surface area contributed by atoms with Crippen LogP contribution in [0.4, 0.5) is 11.4 Å². The van der Waals surface area contributed by atoms with Crippen molar-refractivity contribution in [2.24, 2.45) is 4.99 Å². The summed E-state index contributed by atoms with van der Waals surface area (Å²) in [5.74, 6) is 0.331. The molecule has 1 aliphatic heterocycles. The van der Waals surface area contributed by atoms with Crippen LogP contribution in [0.15, 0.2) is 64.2 Å². The Labute approximate surface area is 198 Å². The summed E-state index contributed by atoms with van der Waals surface area (Å²) in [6.45, 7) is 8.23. The van der Waals surface area contributed by atoms with Gasteiger partial charge in [-0.3, -0.25) is 14.5 Å². The molecule has 2 aromatic carbocycles. The van der Waals surface area contributed by atoms with E-state index in [0.29, 0.717) is 10.9 Å². The number of anilines is 1. The lowest BCUT2D eigenvalue weighted by Gasteiger charge is -2.15. The second kappa shape index (κ2) is 9.67. The third kappa shape index (κ3) is 5.37. The van der Waals surface area contributed by atoms with E-state index in [0.717, 1.165) is 33.6 Å². The number of thioether (sulfide) groups is 1. The molecule has 1 fully saturated rings. The van der Waals surface area contributed by atoms with Gasteiger partial charge in [0.1, 0.15) is 11.0 Å². The largest absolute Gasteiger partial charge is 0.467 e. The van der Waals surface area contributed by atoms with Crippen molar-refractivity contribution >= 4 is 40.1 Å². The Balaban J connectivity index is 1.57. The normalized spacial score (nSPS) is 17.1. The SMILES string of the molecule is Cc1cc(C)cc(N=C2SC(CC(=O)Nc3c(C)cccc3C)C(=O)N2Cc2ccco2)c1. The number of hydrogen-bond donors (Lipinski definition) is 1. The van der Waals surface area contributed by atoms with Gasteiger partial charge in [0.15, 0.2) is 5.17 Å². The summed E-state index contributed by atoms with van der Waals surface area (Å²) in [4.78, 5) is 32.5. The monoisotopic (exact) mass is 461 g/mol. The Kier molecular flexibility index (Phi) is 6.70. The minimum Gasteiger partial charge on any atom is -0.467 e. The molecule has 6 nitrogen and oxygen atoms in total. The van der Waals surface area contributed by atoms with E-state index in [1.165, 1.54) is 11.8 Å². The Morgan fingerprint density at radius 1 is 1.06 bits per heavy atom. The zero-order chi connectivity index (χ0) is 23.5. The summed E-state index contributed by atoms with van der Waals surface area (Å²) in [7, 11) is 0. The Morgan fingerprint density at radius 3 is 2.39 bits per heavy atom. The average molecular weight is 462 g/mol. The number of amides is 2. The minimum absolute atomic E-state index is 0.0673. The lowest BCUT2D eigenvalue weighted by molar-refractivity contribution is -0.128. The molecule has 1 aromatic heterocycles. The molecule has 0 radical (unpaired) electrons. The number of para-hydroxylation sites is 1. The summed E-state index contributed by atoms with van der Waals surface area (Å²) in [5, 5.41) is 3.01. The van der Waals surface area contributed by atoms with Gasteiger partial charge in [-0.2, -0.15) is 0 Å². The van der Waals surface area contributed by atoms with Crippen molar-refractivity contribution in [3.05, 3.63) is 82.8 Å². The van der Waals surface area contributed by atoms with Crippen LogP contribution in [-0.4, -0.2) is 27.1 Å². The maximum absolute atomic E-state index is 13.3. The molecule has 1 saturated heterocycles. The maximum atomic E-state index is 13.3. The van der Waals surface area contributed by atoms with Gasteiger partial charge in [0.2, 0.25) is 11.8 Å². The topological polar surface area (TPSA) is 74.9 Å². The number of nitrogens with zero attached hydrogens (tertiary/aromatic N) is 2. The molecule has 3 aromatic rings. The number of benzene rings is 2. The summed E-state index contributed by atoms with van der Waals surface area (Å²) in [6.07, 6.45) is 1.65. The van der Waals surface area contributed by atoms with E-state index >= 15 is 0 Å². The van der Waals surface area contributed by atoms with E-state index in [2.05, 4.69) is 11.4 Å². The number of amidine groups is 1. The van der Waals surface area contributed by atoms with Crippen LogP contribution in [0.25, 0.3) is 0 Å². The van der Waals surface area contributed by atoms with Crippen molar-refractivity contribution in [3.8, 4) is 0 Å². The molecule has 0 aliphatic carbocycles. The summed E-state index contributed by atoms with van der Waals surface area (Å²) in [5.41, 5.74) is 5.77. The van der Waals surface area contributed by atoms with Gasteiger partial charge >= 0.3 is 0 Å². The van der Waals surface area contributed by atoms with E-state index in [-0.39, 0.29) is 24.8 Å². The lowest BCUT2D eigenvalue weighted by atomic mass is 10.1. The van der Waals surface area contributed by atoms with Crippen molar-refractivity contribution in [2.45, 2.75) is 45.9 Å². The first kappa shape index (κ1) is 22.9. The van der Waals surface area contributed by atoms with Crippen molar-refractivity contribution < 1.29 is 14.0 Å². The number of carbonyl (C=O) groups is 2. The Morgan fingerprint density at radius 2 is 1.76 bits per heavy atom. The van der Waals surface area contributed by atoms with Crippen molar-refractivity contribution in [1.82, 2.24) is 4.90 Å². The van der Waals surface area contributed by atoms with Gasteiger partial charge in [-0.05, 0) is 74.2 Å². The molecule has 1 aliphatic rings. The van der Waals surface area contributed by atoms with Gasteiger partial charge in [-0.15, -0.1) is 0 Å². The second-order valence-electron chi connectivity index (χ2n) is 8.37. The first-order valence-corrected chi connectivity index (χ1v) is 11.7. The molecule has 1 atom stereocenters. The molecule has 2 amide bonds. The van der Waals surface area contributed by atoms with E-state index < -0.39 is 5.25 Å². The third-order valence-electron chi connectivity index (χ3n) is 5.46. The first-order chi connectivity index (χ1) is 15.8. The molecule has 0 saturated carbocycles. The third-order valence-corrected chi connectivity index (χ3v) is 6.64. The molecule has 2 heterocycles. The summed E-state index contributed by atoms with van der Waals surface area (Å²) in [6, 6.07) is 15.5. The summed E-state index contributed by atoms with van der Waals surface area (Å²) >= 11 is 1.33. The van der Waals surface area contributed by atoms with E-state index in [9.17, 15) is 9.59 Å². The molecule has 4 rings (SSSR count). The molecule has 33 heavy (non-hydrogen) atoms. The van der Waals surface area contributed by atoms with Gasteiger partial charge in [-0.25, -0.2) is 4.99 Å². The first-order valence-electron chi connectivity index (χ1n) is 10.8. The number of nitrogens with one attached hydrogen (secondary N) is 1. The lowest BCUT2D eigenvalue weighted by Crippen LogP contribution is -2.33. The van der Waals surface area contributed by atoms with Crippen molar-refractivity contribution in [3.63, 3.8) is 0 Å². The maximum Gasteiger partial charge on any atom is 0.243 e. The molecule has 1 unspecified atom stereocenters. The van der Waals surface area contributed by atoms with Crippen LogP contribution in [0.3, 0.4) is 0 Å². The molecule has 7 heteroatoms. The van der Waals surface area contributed by atoms with Crippen LogP contribution >= 0.6 is 11.8 Å². The van der Waals surface area contributed by atoms with Gasteiger partial charge in [-0.1, -0.05) is 36.0 Å². The standard InChI is InChI=1S/C26H27N3O3S/c1-16-11-17(2)13-20(12-16)27-26-29(15-21-9-6-10-32-21)25(31)22(33-26)14-23(30)28-24-18(3)7-5-8-19(24)4/h5-13,22H,14-15H2,1-4H3,(H,28,30). The fraction of sp³-hybridized carbons (Fsp3) is 0.269. The van der Waals surface area contributed by atoms with Crippen molar-refractivity contribution in [2.75, 3.05) is 5.32 Å². The minimum atomic E-state index is -0.547. The number of aliphatic imine (C=N–C) groups is 1. The van der Waals surface area contributed by atoms with E-state index in [1.807, 2.05) is 64.1 Å². The number of hydrogen-bond acceptors (Lipinski definition) is 5. The van der Waals surface area contributed by atoms with Crippen LogP contribution in [-0.2, 0) is 16.1 Å². The fourth-order valence-corrected chi connectivity index (χ4v) is 5.08. The van der Waals surface area contributed by atoms with Crippen molar-refractivity contribution in [1.29, 1.82) is 0 Å². The fourth-order valence-electron chi connectivity index (χ4n) is 3.93. The van der Waals surface area contributed by atoms with E-state index in [4.69, 9.17) is 9.41 Å². The van der Waals surface area contributed by atoms with Crippen LogP contribution in [0.2, 0.25) is 0 Å². The zero-order valence-corrected chi connectivity index (χ0v) is 20.0. The Bertz CT molecular complexity index is 1180.